The van der Waals surface area contributed by atoms with Crippen LogP contribution in [0.15, 0.2) is 29.2 Å². The maximum Gasteiger partial charge on any atom is 0.449 e. The van der Waals surface area contributed by atoms with Crippen LogP contribution in [0.1, 0.15) is 19.3 Å². The summed E-state index contributed by atoms with van der Waals surface area (Å²) in [6.07, 6.45) is -4.62. The van der Waals surface area contributed by atoms with Crippen LogP contribution < -0.4 is 0 Å². The third kappa shape index (κ3) is 5.08. The van der Waals surface area contributed by atoms with Crippen molar-refractivity contribution in [1.29, 1.82) is 0 Å². The molecule has 0 aliphatic carbocycles. The first-order valence-corrected chi connectivity index (χ1v) is 6.37. The Morgan fingerprint density at radius 1 is 1.17 bits per heavy atom. The number of ketones is 1. The lowest BCUT2D eigenvalue weighted by Gasteiger charge is -2.05. The van der Waals surface area contributed by atoms with Crippen LogP contribution in [0, 0.1) is 5.82 Å². The van der Waals surface area contributed by atoms with E-state index in [4.69, 9.17) is 0 Å². The van der Waals surface area contributed by atoms with Gasteiger partial charge in [0.15, 0.2) is 0 Å². The van der Waals surface area contributed by atoms with Gasteiger partial charge in [0.05, 0.1) is 0 Å². The maximum atomic E-state index is 13.2. The van der Waals surface area contributed by atoms with Crippen LogP contribution in [0.5, 0.6) is 0 Å². The summed E-state index contributed by atoms with van der Waals surface area (Å²) in [7, 11) is 0. The molecule has 1 rings (SSSR count). The minimum absolute atomic E-state index is 0.166. The van der Waals surface area contributed by atoms with E-state index in [1.165, 1.54) is 17.8 Å². The highest BCUT2D eigenvalue weighted by atomic mass is 32.2. The number of thioether (sulfide) groups is 1. The fraction of sp³-hybridized carbons (Fsp3) is 0.417. The van der Waals surface area contributed by atoms with Crippen molar-refractivity contribution in [3.8, 4) is 0 Å². The van der Waals surface area contributed by atoms with Gasteiger partial charge >= 0.3 is 6.18 Å². The zero-order valence-corrected chi connectivity index (χ0v) is 10.3. The lowest BCUT2D eigenvalue weighted by atomic mass is 10.2. The lowest BCUT2D eigenvalue weighted by molar-refractivity contribution is -0.171. The summed E-state index contributed by atoms with van der Waals surface area (Å²) in [6.45, 7) is 0. The predicted octanol–water partition coefficient (Wildman–Crippen LogP) is 4.22. The summed E-state index contributed by atoms with van der Waals surface area (Å²) in [4.78, 5) is 11.0. The minimum Gasteiger partial charge on any atom is -0.290 e. The SMILES string of the molecule is O=C(CCCCSc1ccccc1F)C(F)(F)F. The Labute approximate surface area is 107 Å². The molecule has 1 aromatic carbocycles. The molecule has 0 atom stereocenters. The molecular weight excluding hydrogens is 268 g/mol. The van der Waals surface area contributed by atoms with Crippen LogP contribution >= 0.6 is 11.8 Å². The van der Waals surface area contributed by atoms with Crippen LogP contribution in [0.4, 0.5) is 17.6 Å². The van der Waals surface area contributed by atoms with E-state index >= 15 is 0 Å². The number of rotatable bonds is 6. The van der Waals surface area contributed by atoms with Gasteiger partial charge in [-0.3, -0.25) is 4.79 Å². The molecule has 0 radical (unpaired) electrons. The van der Waals surface area contributed by atoms with Crippen molar-refractivity contribution in [1.82, 2.24) is 0 Å². The van der Waals surface area contributed by atoms with Crippen molar-refractivity contribution in [2.24, 2.45) is 0 Å². The Morgan fingerprint density at radius 3 is 2.44 bits per heavy atom. The fourth-order valence-electron chi connectivity index (χ4n) is 1.27. The molecule has 18 heavy (non-hydrogen) atoms. The van der Waals surface area contributed by atoms with Gasteiger partial charge < -0.3 is 0 Å². The normalized spacial score (nSPS) is 11.6. The van der Waals surface area contributed by atoms with Crippen LogP contribution in [-0.2, 0) is 4.79 Å². The minimum atomic E-state index is -4.74. The van der Waals surface area contributed by atoms with Gasteiger partial charge in [0.1, 0.15) is 5.82 Å². The number of hydrogen-bond acceptors (Lipinski definition) is 2. The van der Waals surface area contributed by atoms with Crippen molar-refractivity contribution in [3.63, 3.8) is 0 Å². The number of carbonyl (C=O) groups is 1. The molecule has 0 amide bonds. The molecule has 100 valence electrons. The van der Waals surface area contributed by atoms with Crippen LogP contribution in [0.3, 0.4) is 0 Å². The van der Waals surface area contributed by atoms with Gasteiger partial charge in [-0.05, 0) is 30.7 Å². The van der Waals surface area contributed by atoms with E-state index in [1.54, 1.807) is 18.2 Å². The fourth-order valence-corrected chi connectivity index (χ4v) is 2.22. The summed E-state index contributed by atoms with van der Waals surface area (Å²) in [5.41, 5.74) is 0. The highest BCUT2D eigenvalue weighted by molar-refractivity contribution is 7.99. The Hall–Kier alpha value is -1.04. The first-order chi connectivity index (χ1) is 8.41. The molecule has 0 saturated carbocycles. The summed E-state index contributed by atoms with van der Waals surface area (Å²) >= 11 is 1.24. The molecule has 0 spiro atoms. The van der Waals surface area contributed by atoms with Gasteiger partial charge in [-0.2, -0.15) is 13.2 Å². The van der Waals surface area contributed by atoms with E-state index in [9.17, 15) is 22.4 Å². The first kappa shape index (κ1) is 15.0. The van der Waals surface area contributed by atoms with Crippen LogP contribution in [0.25, 0.3) is 0 Å². The number of Topliss-reactive ketones (excluding diaryl/α,β-unsaturated/α-hetero) is 1. The Morgan fingerprint density at radius 2 is 1.83 bits per heavy atom. The van der Waals surface area contributed by atoms with Crippen molar-refractivity contribution in [2.45, 2.75) is 30.3 Å². The number of benzene rings is 1. The van der Waals surface area contributed by atoms with Gasteiger partial charge in [0.2, 0.25) is 5.78 Å². The van der Waals surface area contributed by atoms with E-state index in [-0.39, 0.29) is 12.2 Å². The van der Waals surface area contributed by atoms with Crippen LogP contribution in [0.2, 0.25) is 0 Å². The predicted molar refractivity (Wildman–Crippen MR) is 62.0 cm³/mol. The quantitative estimate of drug-likeness (QED) is 0.441. The monoisotopic (exact) mass is 280 g/mol. The summed E-state index contributed by atoms with van der Waals surface area (Å²) in [5.74, 6) is -1.54. The van der Waals surface area contributed by atoms with E-state index in [0.29, 0.717) is 17.1 Å². The van der Waals surface area contributed by atoms with Gasteiger partial charge in [0.25, 0.3) is 0 Å². The van der Waals surface area contributed by atoms with Gasteiger partial charge in [0, 0.05) is 11.3 Å². The largest absolute Gasteiger partial charge is 0.449 e. The molecule has 0 bridgehead atoms. The third-order valence-electron chi connectivity index (χ3n) is 2.21. The molecule has 0 saturated heterocycles. The van der Waals surface area contributed by atoms with Gasteiger partial charge in [-0.1, -0.05) is 12.1 Å². The molecule has 1 aromatic rings. The molecule has 6 heteroatoms. The highest BCUT2D eigenvalue weighted by Crippen LogP contribution is 2.23. The summed E-state index contributed by atoms with van der Waals surface area (Å²) in [5, 5.41) is 0. The van der Waals surface area contributed by atoms with Crippen molar-refractivity contribution in [3.05, 3.63) is 30.1 Å². The standard InChI is InChI=1S/C12H12F4OS/c13-9-5-1-2-6-10(9)18-8-4-3-7-11(17)12(14,15)16/h1-2,5-6H,3-4,7-8H2. The van der Waals surface area contributed by atoms with E-state index < -0.39 is 18.4 Å². The van der Waals surface area contributed by atoms with Gasteiger partial charge in [-0.25, -0.2) is 4.39 Å². The van der Waals surface area contributed by atoms with Crippen molar-refractivity contribution < 1.29 is 22.4 Å². The van der Waals surface area contributed by atoms with Crippen molar-refractivity contribution >= 4 is 17.5 Å². The van der Waals surface area contributed by atoms with Crippen molar-refractivity contribution in [2.75, 3.05) is 5.75 Å². The number of hydrogen-bond donors (Lipinski definition) is 0. The highest BCUT2D eigenvalue weighted by Gasteiger charge is 2.36. The van der Waals surface area contributed by atoms with Crippen LogP contribution in [-0.4, -0.2) is 17.7 Å². The second-order valence-corrected chi connectivity index (χ2v) is 4.79. The summed E-state index contributed by atoms with van der Waals surface area (Å²) < 4.78 is 48.8. The molecular formula is C12H12F4OS. The number of carbonyl (C=O) groups excluding carboxylic acids is 1. The second kappa shape index (κ2) is 6.78. The Bertz CT molecular complexity index is 403. The van der Waals surface area contributed by atoms with Gasteiger partial charge in [-0.15, -0.1) is 11.8 Å². The topological polar surface area (TPSA) is 17.1 Å². The van der Waals surface area contributed by atoms with E-state index in [0.717, 1.165) is 0 Å². The molecule has 0 N–H and O–H groups in total. The number of alkyl halides is 3. The maximum absolute atomic E-state index is 13.2. The average Bonchev–Trinajstić information content (AvgIpc) is 2.29. The Balaban J connectivity index is 2.20. The number of unbranched alkanes of at least 4 members (excludes halogenated alkanes) is 1. The van der Waals surface area contributed by atoms with E-state index in [2.05, 4.69) is 0 Å². The number of halogens is 4. The molecule has 0 heterocycles. The zero-order chi connectivity index (χ0) is 13.6. The third-order valence-corrected chi connectivity index (χ3v) is 3.34. The molecule has 0 unspecified atom stereocenters. The molecule has 0 aliphatic heterocycles. The summed E-state index contributed by atoms with van der Waals surface area (Å²) in [6, 6.07) is 6.20. The average molecular weight is 280 g/mol. The molecule has 1 nitrogen and oxygen atoms in total. The first-order valence-electron chi connectivity index (χ1n) is 5.38. The zero-order valence-electron chi connectivity index (χ0n) is 9.47. The molecule has 0 fully saturated rings. The Kier molecular flexibility index (Phi) is 5.65. The second-order valence-electron chi connectivity index (χ2n) is 3.66. The molecule has 0 aliphatic rings. The smallest absolute Gasteiger partial charge is 0.290 e. The van der Waals surface area contributed by atoms with E-state index in [1.807, 2.05) is 0 Å². The molecule has 0 aromatic heterocycles. The lowest BCUT2D eigenvalue weighted by Crippen LogP contribution is -2.22.